The minimum atomic E-state index is -0.364. The maximum absolute atomic E-state index is 12.8. The van der Waals surface area contributed by atoms with Crippen LogP contribution in [-0.2, 0) is 4.79 Å². The molecule has 1 aromatic carbocycles. The Labute approximate surface area is 136 Å². The van der Waals surface area contributed by atoms with E-state index in [9.17, 15) is 14.0 Å². The average Bonchev–Trinajstić information content (AvgIpc) is 2.56. The SMILES string of the molecule is O=C(CCCC(=O)c1ccc(F)cc1)NC1CCC(CO)CC1. The Hall–Kier alpha value is -1.75. The average molecular weight is 321 g/mol. The fourth-order valence-corrected chi connectivity index (χ4v) is 2.98. The zero-order valence-electron chi connectivity index (χ0n) is 13.3. The van der Waals surface area contributed by atoms with Crippen molar-refractivity contribution >= 4 is 11.7 Å². The van der Waals surface area contributed by atoms with Gasteiger partial charge in [-0.2, -0.15) is 0 Å². The first-order chi connectivity index (χ1) is 11.1. The summed E-state index contributed by atoms with van der Waals surface area (Å²) < 4.78 is 12.8. The molecule has 0 atom stereocenters. The molecule has 0 aromatic heterocycles. The van der Waals surface area contributed by atoms with Gasteiger partial charge >= 0.3 is 0 Å². The summed E-state index contributed by atoms with van der Waals surface area (Å²) in [5.74, 6) is -0.0843. The summed E-state index contributed by atoms with van der Waals surface area (Å²) in [5, 5.41) is 12.1. The van der Waals surface area contributed by atoms with Crippen molar-refractivity contribution in [2.45, 2.75) is 51.0 Å². The molecule has 0 unspecified atom stereocenters. The Morgan fingerprint density at radius 1 is 1.09 bits per heavy atom. The third-order valence-electron chi connectivity index (χ3n) is 4.44. The summed E-state index contributed by atoms with van der Waals surface area (Å²) >= 11 is 0. The molecule has 0 saturated heterocycles. The molecule has 1 amide bonds. The third kappa shape index (κ3) is 5.75. The molecule has 0 heterocycles. The van der Waals surface area contributed by atoms with E-state index >= 15 is 0 Å². The number of halogens is 1. The van der Waals surface area contributed by atoms with E-state index in [1.807, 2.05) is 0 Å². The van der Waals surface area contributed by atoms with Crippen molar-refractivity contribution in [2.24, 2.45) is 5.92 Å². The molecule has 0 aliphatic heterocycles. The highest BCUT2D eigenvalue weighted by molar-refractivity contribution is 5.96. The van der Waals surface area contributed by atoms with Crippen LogP contribution in [0.3, 0.4) is 0 Å². The molecular weight excluding hydrogens is 297 g/mol. The normalized spacial score (nSPS) is 21.0. The van der Waals surface area contributed by atoms with Gasteiger partial charge in [0.25, 0.3) is 0 Å². The second-order valence-electron chi connectivity index (χ2n) is 6.25. The molecule has 1 aliphatic rings. The van der Waals surface area contributed by atoms with Crippen molar-refractivity contribution in [3.63, 3.8) is 0 Å². The minimum Gasteiger partial charge on any atom is -0.396 e. The number of benzene rings is 1. The van der Waals surface area contributed by atoms with Gasteiger partial charge in [0.05, 0.1) is 0 Å². The van der Waals surface area contributed by atoms with Crippen LogP contribution in [0, 0.1) is 11.7 Å². The quantitative estimate of drug-likeness (QED) is 0.759. The lowest BCUT2D eigenvalue weighted by Gasteiger charge is -2.27. The van der Waals surface area contributed by atoms with E-state index in [0.717, 1.165) is 25.7 Å². The zero-order chi connectivity index (χ0) is 16.7. The Bertz CT molecular complexity index is 522. The van der Waals surface area contributed by atoms with E-state index in [4.69, 9.17) is 5.11 Å². The van der Waals surface area contributed by atoms with Gasteiger partial charge in [-0.3, -0.25) is 9.59 Å². The molecule has 1 aromatic rings. The van der Waals surface area contributed by atoms with Gasteiger partial charge in [0.15, 0.2) is 5.78 Å². The Balaban J connectivity index is 1.65. The fourth-order valence-electron chi connectivity index (χ4n) is 2.98. The number of aliphatic hydroxyl groups excluding tert-OH is 1. The van der Waals surface area contributed by atoms with Crippen LogP contribution in [0.5, 0.6) is 0 Å². The molecule has 4 nitrogen and oxygen atoms in total. The van der Waals surface area contributed by atoms with Crippen LogP contribution in [0.15, 0.2) is 24.3 Å². The first kappa shape index (κ1) is 17.6. The van der Waals surface area contributed by atoms with Crippen molar-refractivity contribution in [1.82, 2.24) is 5.32 Å². The van der Waals surface area contributed by atoms with Gasteiger partial charge in [-0.05, 0) is 62.3 Å². The summed E-state index contributed by atoms with van der Waals surface area (Å²) in [6.45, 7) is 0.228. The van der Waals surface area contributed by atoms with Gasteiger partial charge in [-0.25, -0.2) is 4.39 Å². The van der Waals surface area contributed by atoms with Gasteiger partial charge in [0.1, 0.15) is 5.82 Å². The Morgan fingerprint density at radius 3 is 2.35 bits per heavy atom. The first-order valence-electron chi connectivity index (χ1n) is 8.27. The van der Waals surface area contributed by atoms with E-state index in [2.05, 4.69) is 5.32 Å². The highest BCUT2D eigenvalue weighted by atomic mass is 19.1. The van der Waals surface area contributed by atoms with E-state index < -0.39 is 0 Å². The molecule has 2 N–H and O–H groups in total. The highest BCUT2D eigenvalue weighted by Gasteiger charge is 2.21. The first-order valence-corrected chi connectivity index (χ1v) is 8.27. The third-order valence-corrected chi connectivity index (χ3v) is 4.44. The lowest BCUT2D eigenvalue weighted by atomic mass is 9.86. The molecule has 0 radical (unpaired) electrons. The van der Waals surface area contributed by atoms with E-state index in [1.165, 1.54) is 24.3 Å². The van der Waals surface area contributed by atoms with Crippen LogP contribution in [0.25, 0.3) is 0 Å². The highest BCUT2D eigenvalue weighted by Crippen LogP contribution is 2.23. The van der Waals surface area contributed by atoms with E-state index in [0.29, 0.717) is 24.3 Å². The fraction of sp³-hybridized carbons (Fsp3) is 0.556. The van der Waals surface area contributed by atoms with Gasteiger partial charge in [0.2, 0.25) is 5.91 Å². The smallest absolute Gasteiger partial charge is 0.220 e. The van der Waals surface area contributed by atoms with Gasteiger partial charge in [-0.1, -0.05) is 0 Å². The minimum absolute atomic E-state index is 0.0237. The predicted octanol–water partition coefficient (Wildman–Crippen LogP) is 2.85. The maximum Gasteiger partial charge on any atom is 0.220 e. The molecule has 5 heteroatoms. The number of ketones is 1. The summed E-state index contributed by atoms with van der Waals surface area (Å²) in [5.41, 5.74) is 0.481. The number of hydrogen-bond donors (Lipinski definition) is 2. The number of hydrogen-bond acceptors (Lipinski definition) is 3. The molecule has 23 heavy (non-hydrogen) atoms. The van der Waals surface area contributed by atoms with Crippen molar-refractivity contribution < 1.29 is 19.1 Å². The second kappa shape index (κ2) is 8.77. The van der Waals surface area contributed by atoms with Gasteiger partial charge in [-0.15, -0.1) is 0 Å². The van der Waals surface area contributed by atoms with Gasteiger partial charge in [0, 0.05) is 31.1 Å². The summed E-state index contributed by atoms with van der Waals surface area (Å²) in [7, 11) is 0. The van der Waals surface area contributed by atoms with Crippen LogP contribution in [-0.4, -0.2) is 29.4 Å². The maximum atomic E-state index is 12.8. The molecule has 1 fully saturated rings. The van der Waals surface area contributed by atoms with E-state index in [-0.39, 0.29) is 36.6 Å². The number of amides is 1. The largest absolute Gasteiger partial charge is 0.396 e. The Morgan fingerprint density at radius 2 is 1.74 bits per heavy atom. The van der Waals surface area contributed by atoms with Crippen molar-refractivity contribution in [3.8, 4) is 0 Å². The molecule has 1 aliphatic carbocycles. The number of nitrogens with one attached hydrogen (secondary N) is 1. The lowest BCUT2D eigenvalue weighted by Crippen LogP contribution is -2.38. The summed E-state index contributed by atoms with van der Waals surface area (Å²) in [6, 6.07) is 5.66. The number of aliphatic hydroxyl groups is 1. The second-order valence-corrected chi connectivity index (χ2v) is 6.25. The van der Waals surface area contributed by atoms with Crippen molar-refractivity contribution in [1.29, 1.82) is 0 Å². The van der Waals surface area contributed by atoms with Gasteiger partial charge < -0.3 is 10.4 Å². The molecule has 126 valence electrons. The number of carbonyl (C=O) groups excluding carboxylic acids is 2. The molecule has 1 saturated carbocycles. The molecule has 0 spiro atoms. The monoisotopic (exact) mass is 321 g/mol. The zero-order valence-corrected chi connectivity index (χ0v) is 13.3. The van der Waals surface area contributed by atoms with E-state index in [1.54, 1.807) is 0 Å². The summed E-state index contributed by atoms with van der Waals surface area (Å²) in [6.07, 6.45) is 4.82. The van der Waals surface area contributed by atoms with Crippen molar-refractivity contribution in [2.75, 3.05) is 6.61 Å². The number of rotatable bonds is 7. The van der Waals surface area contributed by atoms with Crippen LogP contribution in [0.4, 0.5) is 4.39 Å². The Kier molecular flexibility index (Phi) is 6.71. The topological polar surface area (TPSA) is 66.4 Å². The standard InChI is InChI=1S/C18H24FNO3/c19-15-8-6-14(7-9-15)17(22)2-1-3-18(23)20-16-10-4-13(12-21)5-11-16/h6-9,13,16,21H,1-5,10-12H2,(H,20,23). The van der Waals surface area contributed by atoms with Crippen LogP contribution in [0.2, 0.25) is 0 Å². The lowest BCUT2D eigenvalue weighted by molar-refractivity contribution is -0.122. The summed E-state index contributed by atoms with van der Waals surface area (Å²) in [4.78, 5) is 23.8. The molecular formula is C18H24FNO3. The molecule has 2 rings (SSSR count). The predicted molar refractivity (Wildman–Crippen MR) is 85.6 cm³/mol. The number of carbonyl (C=O) groups is 2. The van der Waals surface area contributed by atoms with Crippen molar-refractivity contribution in [3.05, 3.63) is 35.6 Å². The van der Waals surface area contributed by atoms with Crippen LogP contribution >= 0.6 is 0 Å². The number of Topliss-reactive ketones (excluding diaryl/α,β-unsaturated/α-hetero) is 1. The van der Waals surface area contributed by atoms with Crippen LogP contribution in [0.1, 0.15) is 55.3 Å². The molecule has 0 bridgehead atoms. The van der Waals surface area contributed by atoms with Crippen LogP contribution < -0.4 is 5.32 Å².